The zero-order valence-corrected chi connectivity index (χ0v) is 17.7. The number of rotatable bonds is 6. The van der Waals surface area contributed by atoms with Gasteiger partial charge in [0, 0.05) is 13.2 Å². The van der Waals surface area contributed by atoms with Crippen LogP contribution in [0.1, 0.15) is 54.0 Å². The van der Waals surface area contributed by atoms with Gasteiger partial charge < -0.3 is 14.8 Å². The fraction of sp³-hybridized carbons (Fsp3) is 0.480. The van der Waals surface area contributed by atoms with Gasteiger partial charge in [-0.3, -0.25) is 4.79 Å². The summed E-state index contributed by atoms with van der Waals surface area (Å²) in [5.41, 5.74) is 4.17. The van der Waals surface area contributed by atoms with E-state index in [1.165, 1.54) is 11.1 Å². The average Bonchev–Trinajstić information content (AvgIpc) is 3.57. The lowest BCUT2D eigenvalue weighted by molar-refractivity contribution is -0.131. The molecule has 1 aliphatic carbocycles. The summed E-state index contributed by atoms with van der Waals surface area (Å²) < 4.78 is 10.9. The lowest BCUT2D eigenvalue weighted by Crippen LogP contribution is -2.49. The van der Waals surface area contributed by atoms with E-state index in [0.717, 1.165) is 42.6 Å². The van der Waals surface area contributed by atoms with Gasteiger partial charge in [-0.15, -0.1) is 0 Å². The van der Waals surface area contributed by atoms with Gasteiger partial charge in [0.05, 0.1) is 18.6 Å². The number of aryl methyl sites for hydroxylation is 2. The smallest absolute Gasteiger partial charge is 0.231 e. The largest absolute Gasteiger partial charge is 0.497 e. The van der Waals surface area contributed by atoms with Gasteiger partial charge in [-0.05, 0) is 68.7 Å². The minimum Gasteiger partial charge on any atom is -0.497 e. The molecule has 2 fully saturated rings. The van der Waals surface area contributed by atoms with E-state index < -0.39 is 5.41 Å². The predicted octanol–water partition coefficient (Wildman–Crippen LogP) is 4.63. The Hall–Kier alpha value is -2.33. The summed E-state index contributed by atoms with van der Waals surface area (Å²) in [5.74, 6) is 1.49. The Morgan fingerprint density at radius 1 is 1.07 bits per heavy atom. The maximum Gasteiger partial charge on any atom is 0.231 e. The molecule has 1 saturated heterocycles. The summed E-state index contributed by atoms with van der Waals surface area (Å²) in [5, 5.41) is 3.45. The average molecular weight is 394 g/mol. The van der Waals surface area contributed by atoms with Crippen LogP contribution in [0.2, 0.25) is 0 Å². The molecule has 1 atom stereocenters. The molecule has 1 saturated carbocycles. The fourth-order valence-corrected chi connectivity index (χ4v) is 4.61. The highest BCUT2D eigenvalue weighted by Crippen LogP contribution is 2.43. The first-order valence-corrected chi connectivity index (χ1v) is 10.6. The summed E-state index contributed by atoms with van der Waals surface area (Å²) >= 11 is 0. The predicted molar refractivity (Wildman–Crippen MR) is 114 cm³/mol. The molecule has 0 spiro atoms. The van der Waals surface area contributed by atoms with Crippen LogP contribution in [-0.4, -0.2) is 26.2 Å². The van der Waals surface area contributed by atoms with Crippen molar-refractivity contribution >= 4 is 5.91 Å². The Balaban J connectivity index is 1.64. The van der Waals surface area contributed by atoms with Crippen LogP contribution in [0.3, 0.4) is 0 Å². The Morgan fingerprint density at radius 3 is 2.24 bits per heavy atom. The maximum atomic E-state index is 13.8. The van der Waals surface area contributed by atoms with Crippen LogP contribution in [0.4, 0.5) is 0 Å². The number of nitrogens with one attached hydrogen (secondary N) is 1. The second-order valence-corrected chi connectivity index (χ2v) is 8.63. The molecule has 29 heavy (non-hydrogen) atoms. The van der Waals surface area contributed by atoms with Crippen LogP contribution in [0, 0.1) is 19.8 Å². The molecular weight excluding hydrogens is 362 g/mol. The highest BCUT2D eigenvalue weighted by atomic mass is 16.5. The van der Waals surface area contributed by atoms with E-state index in [1.807, 2.05) is 12.1 Å². The molecule has 0 aromatic heterocycles. The molecule has 0 unspecified atom stereocenters. The summed E-state index contributed by atoms with van der Waals surface area (Å²) in [6.45, 7) is 5.45. The third-order valence-corrected chi connectivity index (χ3v) is 6.41. The van der Waals surface area contributed by atoms with Gasteiger partial charge in [0.1, 0.15) is 5.75 Å². The van der Waals surface area contributed by atoms with Crippen LogP contribution >= 0.6 is 0 Å². The van der Waals surface area contributed by atoms with Gasteiger partial charge in [-0.25, -0.2) is 0 Å². The molecular formula is C25H31NO3. The molecule has 1 heterocycles. The summed E-state index contributed by atoms with van der Waals surface area (Å²) in [7, 11) is 1.67. The highest BCUT2D eigenvalue weighted by molar-refractivity contribution is 5.89. The van der Waals surface area contributed by atoms with Crippen molar-refractivity contribution in [1.82, 2.24) is 5.32 Å². The van der Waals surface area contributed by atoms with Crippen molar-refractivity contribution < 1.29 is 14.3 Å². The van der Waals surface area contributed by atoms with E-state index in [2.05, 4.69) is 49.5 Å². The van der Waals surface area contributed by atoms with E-state index >= 15 is 0 Å². The van der Waals surface area contributed by atoms with Gasteiger partial charge in [0.2, 0.25) is 5.91 Å². The summed E-state index contributed by atoms with van der Waals surface area (Å²) in [6.07, 6.45) is 3.77. The highest BCUT2D eigenvalue weighted by Gasteiger charge is 2.44. The van der Waals surface area contributed by atoms with Crippen LogP contribution < -0.4 is 10.1 Å². The Kier molecular flexibility index (Phi) is 5.64. The molecule has 2 aromatic carbocycles. The number of hydrogen-bond acceptors (Lipinski definition) is 3. The van der Waals surface area contributed by atoms with Crippen molar-refractivity contribution in [2.45, 2.75) is 51.0 Å². The lowest BCUT2D eigenvalue weighted by Gasteiger charge is -2.38. The van der Waals surface area contributed by atoms with E-state index in [9.17, 15) is 4.79 Å². The second-order valence-electron chi connectivity index (χ2n) is 8.63. The molecule has 0 radical (unpaired) electrons. The van der Waals surface area contributed by atoms with Gasteiger partial charge in [-0.1, -0.05) is 41.5 Å². The first-order valence-electron chi connectivity index (χ1n) is 10.6. The number of amides is 1. The SMILES string of the molecule is COc1ccc([C@H](NC(=O)C2(c3cc(C)cc(C)c3)CCOCC2)C2CC2)cc1. The number of carbonyl (C=O) groups is 1. The zero-order chi connectivity index (χ0) is 20.4. The Bertz CT molecular complexity index is 844. The van der Waals surface area contributed by atoms with Crippen molar-refractivity contribution in [3.63, 3.8) is 0 Å². The molecule has 4 heteroatoms. The normalized spacial score (nSPS) is 19.4. The van der Waals surface area contributed by atoms with Gasteiger partial charge in [-0.2, -0.15) is 0 Å². The molecule has 4 rings (SSSR count). The van der Waals surface area contributed by atoms with E-state index in [0.29, 0.717) is 19.1 Å². The molecule has 2 aromatic rings. The molecule has 1 amide bonds. The van der Waals surface area contributed by atoms with Crippen molar-refractivity contribution in [3.8, 4) is 5.75 Å². The van der Waals surface area contributed by atoms with Crippen molar-refractivity contribution in [1.29, 1.82) is 0 Å². The third-order valence-electron chi connectivity index (χ3n) is 6.41. The first-order chi connectivity index (χ1) is 14.0. The van der Waals surface area contributed by atoms with Crippen LogP contribution in [0.15, 0.2) is 42.5 Å². The van der Waals surface area contributed by atoms with Gasteiger partial charge in [0.25, 0.3) is 0 Å². The van der Waals surface area contributed by atoms with E-state index in [4.69, 9.17) is 9.47 Å². The van der Waals surface area contributed by atoms with Crippen LogP contribution in [0.5, 0.6) is 5.75 Å². The maximum absolute atomic E-state index is 13.8. The standard InChI is InChI=1S/C25H31NO3/c1-17-14-18(2)16-21(15-17)25(10-12-29-13-11-25)24(27)26-23(19-4-5-19)20-6-8-22(28-3)9-7-20/h6-9,14-16,19,23H,4-5,10-13H2,1-3H3,(H,26,27)/t23-/m1/s1. The Morgan fingerprint density at radius 2 is 1.69 bits per heavy atom. The molecule has 1 aliphatic heterocycles. The quantitative estimate of drug-likeness (QED) is 0.778. The topological polar surface area (TPSA) is 47.6 Å². The van der Waals surface area contributed by atoms with E-state index in [1.54, 1.807) is 7.11 Å². The number of benzene rings is 2. The molecule has 4 nitrogen and oxygen atoms in total. The summed E-state index contributed by atoms with van der Waals surface area (Å²) in [6, 6.07) is 14.7. The van der Waals surface area contributed by atoms with Gasteiger partial charge in [0.15, 0.2) is 0 Å². The number of hydrogen-bond donors (Lipinski definition) is 1. The first kappa shape index (κ1) is 20.0. The molecule has 2 aliphatic rings. The minimum absolute atomic E-state index is 0.0547. The van der Waals surface area contributed by atoms with Crippen LogP contribution in [-0.2, 0) is 14.9 Å². The summed E-state index contributed by atoms with van der Waals surface area (Å²) in [4.78, 5) is 13.8. The van der Waals surface area contributed by atoms with Crippen molar-refractivity contribution in [2.24, 2.45) is 5.92 Å². The van der Waals surface area contributed by atoms with Crippen molar-refractivity contribution in [2.75, 3.05) is 20.3 Å². The number of carbonyl (C=O) groups excluding carboxylic acids is 1. The lowest BCUT2D eigenvalue weighted by atomic mass is 9.72. The number of methoxy groups -OCH3 is 1. The minimum atomic E-state index is -0.519. The molecule has 1 N–H and O–H groups in total. The van der Waals surface area contributed by atoms with E-state index in [-0.39, 0.29) is 11.9 Å². The number of ether oxygens (including phenoxy) is 2. The molecule has 154 valence electrons. The third kappa shape index (κ3) is 4.18. The zero-order valence-electron chi connectivity index (χ0n) is 17.7. The fourth-order valence-electron chi connectivity index (χ4n) is 4.61. The Labute approximate surface area is 173 Å². The van der Waals surface area contributed by atoms with Crippen molar-refractivity contribution in [3.05, 3.63) is 64.7 Å². The van der Waals surface area contributed by atoms with Crippen LogP contribution in [0.25, 0.3) is 0 Å². The second kappa shape index (κ2) is 8.19. The molecule has 0 bridgehead atoms. The monoisotopic (exact) mass is 393 g/mol. The van der Waals surface area contributed by atoms with Gasteiger partial charge >= 0.3 is 0 Å².